The number of hydrogen-bond acceptors (Lipinski definition) is 4. The van der Waals surface area contributed by atoms with Crippen LogP contribution in [0.4, 0.5) is 0 Å². The molecule has 1 aromatic rings. The molecule has 1 amide bonds. The van der Waals surface area contributed by atoms with E-state index in [9.17, 15) is 9.59 Å². The van der Waals surface area contributed by atoms with Crippen LogP contribution in [0.3, 0.4) is 0 Å². The summed E-state index contributed by atoms with van der Waals surface area (Å²) >= 11 is 0. The molecule has 6 nitrogen and oxygen atoms in total. The summed E-state index contributed by atoms with van der Waals surface area (Å²) < 4.78 is 4.87. The van der Waals surface area contributed by atoms with Crippen molar-refractivity contribution in [3.8, 4) is 0 Å². The van der Waals surface area contributed by atoms with Crippen LogP contribution in [0.15, 0.2) is 16.7 Å². The van der Waals surface area contributed by atoms with Crippen molar-refractivity contribution in [2.75, 3.05) is 20.6 Å². The fraction of sp³-hybridized carbons (Fsp3) is 0.455. The molecular formula is C11H16N2O4. The van der Waals surface area contributed by atoms with Gasteiger partial charge in [-0.15, -0.1) is 0 Å². The van der Waals surface area contributed by atoms with Gasteiger partial charge in [-0.25, -0.2) is 4.79 Å². The highest BCUT2D eigenvalue weighted by Crippen LogP contribution is 2.07. The maximum absolute atomic E-state index is 11.6. The van der Waals surface area contributed by atoms with Crippen LogP contribution in [0.2, 0.25) is 0 Å². The molecule has 17 heavy (non-hydrogen) atoms. The molecule has 0 radical (unpaired) electrons. The Morgan fingerprint density at radius 2 is 2.18 bits per heavy atom. The van der Waals surface area contributed by atoms with E-state index in [0.29, 0.717) is 6.54 Å². The molecule has 1 atom stereocenters. The molecule has 0 spiro atoms. The lowest BCUT2D eigenvalue weighted by Gasteiger charge is -2.19. The molecule has 0 saturated carbocycles. The van der Waals surface area contributed by atoms with Crippen LogP contribution >= 0.6 is 0 Å². The first-order valence-corrected chi connectivity index (χ1v) is 5.18. The zero-order valence-electron chi connectivity index (χ0n) is 10.1. The second-order valence-corrected chi connectivity index (χ2v) is 4.03. The van der Waals surface area contributed by atoms with E-state index >= 15 is 0 Å². The van der Waals surface area contributed by atoms with Gasteiger partial charge in [0.15, 0.2) is 5.76 Å². The molecule has 1 unspecified atom stereocenters. The molecule has 1 rings (SSSR count). The molecule has 0 fully saturated rings. The van der Waals surface area contributed by atoms with Gasteiger partial charge in [-0.2, -0.15) is 0 Å². The van der Waals surface area contributed by atoms with E-state index in [1.165, 1.54) is 6.07 Å². The van der Waals surface area contributed by atoms with Gasteiger partial charge in [0.25, 0.3) is 5.91 Å². The maximum Gasteiger partial charge on any atom is 0.338 e. The minimum absolute atomic E-state index is 0.00774. The van der Waals surface area contributed by atoms with E-state index in [-0.39, 0.29) is 17.4 Å². The van der Waals surface area contributed by atoms with E-state index in [1.54, 1.807) is 0 Å². The van der Waals surface area contributed by atoms with Gasteiger partial charge in [-0.1, -0.05) is 0 Å². The average molecular weight is 240 g/mol. The number of nitrogens with zero attached hydrogens (tertiary/aromatic N) is 1. The third kappa shape index (κ3) is 3.60. The molecule has 0 aliphatic carbocycles. The zero-order chi connectivity index (χ0) is 13.0. The van der Waals surface area contributed by atoms with Gasteiger partial charge in [0.2, 0.25) is 0 Å². The Labute approximate surface area is 99.2 Å². The van der Waals surface area contributed by atoms with Gasteiger partial charge in [0, 0.05) is 18.7 Å². The van der Waals surface area contributed by atoms with E-state index < -0.39 is 11.9 Å². The van der Waals surface area contributed by atoms with Crippen molar-refractivity contribution in [3.63, 3.8) is 0 Å². The van der Waals surface area contributed by atoms with Crippen molar-refractivity contribution in [2.24, 2.45) is 0 Å². The Morgan fingerprint density at radius 1 is 1.53 bits per heavy atom. The number of amides is 1. The molecule has 1 aromatic heterocycles. The molecule has 0 aliphatic heterocycles. The summed E-state index contributed by atoms with van der Waals surface area (Å²) in [6.45, 7) is 2.43. The normalized spacial score (nSPS) is 12.5. The molecule has 94 valence electrons. The molecule has 0 aromatic carbocycles. The molecular weight excluding hydrogens is 224 g/mol. The van der Waals surface area contributed by atoms with Crippen LogP contribution in [0.1, 0.15) is 27.8 Å². The zero-order valence-corrected chi connectivity index (χ0v) is 10.1. The van der Waals surface area contributed by atoms with Gasteiger partial charge >= 0.3 is 5.97 Å². The van der Waals surface area contributed by atoms with E-state index in [4.69, 9.17) is 9.52 Å². The lowest BCUT2D eigenvalue weighted by Crippen LogP contribution is -2.38. The van der Waals surface area contributed by atoms with Crippen LogP contribution in [-0.4, -0.2) is 48.6 Å². The topological polar surface area (TPSA) is 82.8 Å². The van der Waals surface area contributed by atoms with Crippen LogP contribution < -0.4 is 5.32 Å². The van der Waals surface area contributed by atoms with Crippen LogP contribution in [0.25, 0.3) is 0 Å². The highest BCUT2D eigenvalue weighted by molar-refractivity contribution is 5.95. The summed E-state index contributed by atoms with van der Waals surface area (Å²) in [6.07, 6.45) is 1.05. The monoisotopic (exact) mass is 240 g/mol. The lowest BCUT2D eigenvalue weighted by atomic mass is 10.3. The predicted octanol–water partition coefficient (Wildman–Crippen LogP) is 0.658. The first kappa shape index (κ1) is 13.2. The number of hydrogen-bond donors (Lipinski definition) is 2. The number of carboxylic acid groups (broad SMARTS) is 1. The average Bonchev–Trinajstić information content (AvgIpc) is 2.74. The highest BCUT2D eigenvalue weighted by atomic mass is 16.4. The molecule has 1 heterocycles. The number of furan rings is 1. The van der Waals surface area contributed by atoms with Crippen molar-refractivity contribution in [3.05, 3.63) is 23.7 Å². The van der Waals surface area contributed by atoms with E-state index in [1.807, 2.05) is 25.9 Å². The molecule has 0 saturated heterocycles. The number of nitrogens with one attached hydrogen (secondary N) is 1. The number of carboxylic acids is 1. The van der Waals surface area contributed by atoms with Crippen molar-refractivity contribution in [2.45, 2.75) is 13.0 Å². The van der Waals surface area contributed by atoms with Gasteiger partial charge in [0.1, 0.15) is 6.26 Å². The largest absolute Gasteiger partial charge is 0.478 e. The standard InChI is InChI=1S/C11H16N2O4/c1-7(13(2)3)5-12-10(14)9-4-8(6-17-9)11(15)16/h4,6-7H,5H2,1-3H3,(H,12,14)(H,15,16). The summed E-state index contributed by atoms with van der Waals surface area (Å²) in [6, 6.07) is 1.39. The first-order chi connectivity index (χ1) is 7.91. The fourth-order valence-corrected chi connectivity index (χ4v) is 1.08. The molecule has 0 bridgehead atoms. The van der Waals surface area contributed by atoms with Crippen molar-refractivity contribution in [1.29, 1.82) is 0 Å². The number of rotatable bonds is 5. The Balaban J connectivity index is 2.55. The first-order valence-electron chi connectivity index (χ1n) is 5.18. The summed E-state index contributed by atoms with van der Waals surface area (Å²) in [5.74, 6) is -1.52. The van der Waals surface area contributed by atoms with Gasteiger partial charge < -0.3 is 19.7 Å². The third-order valence-corrected chi connectivity index (χ3v) is 2.51. The Bertz CT molecular complexity index is 411. The van der Waals surface area contributed by atoms with Gasteiger partial charge in [-0.05, 0) is 21.0 Å². The Hall–Kier alpha value is -1.82. The number of likely N-dealkylation sites (N-methyl/N-ethyl adjacent to an activating group) is 1. The minimum atomic E-state index is -1.12. The fourth-order valence-electron chi connectivity index (χ4n) is 1.08. The third-order valence-electron chi connectivity index (χ3n) is 2.51. The number of carbonyl (C=O) groups is 2. The molecule has 2 N–H and O–H groups in total. The predicted molar refractivity (Wildman–Crippen MR) is 61.1 cm³/mol. The van der Waals surface area contributed by atoms with Crippen LogP contribution in [0, 0.1) is 0 Å². The summed E-state index contributed by atoms with van der Waals surface area (Å²) in [5.41, 5.74) is -0.0317. The Morgan fingerprint density at radius 3 is 2.65 bits per heavy atom. The summed E-state index contributed by atoms with van der Waals surface area (Å²) in [7, 11) is 3.82. The van der Waals surface area contributed by atoms with Gasteiger partial charge in [-0.3, -0.25) is 4.79 Å². The highest BCUT2D eigenvalue weighted by Gasteiger charge is 2.15. The van der Waals surface area contributed by atoms with E-state index in [2.05, 4.69) is 5.32 Å². The van der Waals surface area contributed by atoms with Gasteiger partial charge in [0.05, 0.1) is 5.56 Å². The second-order valence-electron chi connectivity index (χ2n) is 4.03. The van der Waals surface area contributed by atoms with Crippen LogP contribution in [-0.2, 0) is 0 Å². The minimum Gasteiger partial charge on any atom is -0.478 e. The SMILES string of the molecule is CC(CNC(=O)c1cc(C(=O)O)co1)N(C)C. The van der Waals surface area contributed by atoms with Crippen molar-refractivity contribution in [1.82, 2.24) is 10.2 Å². The van der Waals surface area contributed by atoms with E-state index in [0.717, 1.165) is 6.26 Å². The molecule has 0 aliphatic rings. The lowest BCUT2D eigenvalue weighted by molar-refractivity contribution is 0.0696. The second kappa shape index (κ2) is 5.49. The quantitative estimate of drug-likeness (QED) is 0.790. The summed E-state index contributed by atoms with van der Waals surface area (Å²) in [5, 5.41) is 11.3. The smallest absolute Gasteiger partial charge is 0.338 e. The summed E-state index contributed by atoms with van der Waals surface area (Å²) in [4.78, 5) is 24.1. The number of carbonyl (C=O) groups excluding carboxylic acids is 1. The molecule has 6 heteroatoms. The Kier molecular flexibility index (Phi) is 4.28. The van der Waals surface area contributed by atoms with Crippen molar-refractivity contribution < 1.29 is 19.1 Å². The maximum atomic E-state index is 11.6. The number of aromatic carboxylic acids is 1. The van der Waals surface area contributed by atoms with Crippen molar-refractivity contribution >= 4 is 11.9 Å². The van der Waals surface area contributed by atoms with Crippen LogP contribution in [0.5, 0.6) is 0 Å².